The molecule has 3 rings (SSSR count). The van der Waals surface area contributed by atoms with Crippen molar-refractivity contribution in [2.24, 2.45) is 17.8 Å². The molecule has 1 fully saturated rings. The topological polar surface area (TPSA) is 20.2 Å². The van der Waals surface area contributed by atoms with E-state index in [9.17, 15) is 5.11 Å². The van der Waals surface area contributed by atoms with E-state index in [1.165, 1.54) is 69.8 Å². The van der Waals surface area contributed by atoms with E-state index in [0.717, 1.165) is 12.3 Å². The van der Waals surface area contributed by atoms with Gasteiger partial charge in [0.25, 0.3) is 0 Å². The van der Waals surface area contributed by atoms with E-state index in [2.05, 4.69) is 19.9 Å². The molecule has 0 aliphatic heterocycles. The summed E-state index contributed by atoms with van der Waals surface area (Å²) in [5.41, 5.74) is 4.86. The molecule has 0 aromatic rings. The van der Waals surface area contributed by atoms with Crippen molar-refractivity contribution in [2.75, 3.05) is 0 Å². The van der Waals surface area contributed by atoms with Crippen LogP contribution in [0.4, 0.5) is 0 Å². The number of rotatable bonds is 3. The predicted molar refractivity (Wildman–Crippen MR) is 93.7 cm³/mol. The Balaban J connectivity index is 0.00000192. The first-order valence-corrected chi connectivity index (χ1v) is 9.67. The largest absolute Gasteiger partial charge is 0.393 e. The maximum atomic E-state index is 10.9. The maximum absolute atomic E-state index is 10.9. The molecule has 0 bridgehead atoms. The fourth-order valence-electron chi connectivity index (χ4n) is 5.03. The minimum absolute atomic E-state index is 0. The molecule has 130 valence electrons. The second-order valence-corrected chi connectivity index (χ2v) is 8.19. The number of hydrogen-bond donors (Lipinski definition) is 1. The molecule has 0 spiro atoms. The predicted octanol–water partition coefficient (Wildman–Crippen LogP) is 5.79. The molecule has 1 N–H and O–H groups in total. The van der Waals surface area contributed by atoms with Crippen molar-refractivity contribution in [3.63, 3.8) is 0 Å². The van der Waals surface area contributed by atoms with Gasteiger partial charge < -0.3 is 5.11 Å². The van der Waals surface area contributed by atoms with Gasteiger partial charge in [-0.1, -0.05) is 22.8 Å². The van der Waals surface area contributed by atoms with Gasteiger partial charge >= 0.3 is 0 Å². The van der Waals surface area contributed by atoms with Gasteiger partial charge in [-0.2, -0.15) is 0 Å². The fourth-order valence-corrected chi connectivity index (χ4v) is 5.03. The van der Waals surface area contributed by atoms with Crippen LogP contribution < -0.4 is 0 Å². The zero-order valence-corrected chi connectivity index (χ0v) is 17.6. The van der Waals surface area contributed by atoms with Gasteiger partial charge in [0.15, 0.2) is 0 Å². The van der Waals surface area contributed by atoms with Crippen LogP contribution in [0.2, 0.25) is 0 Å². The van der Waals surface area contributed by atoms with Crippen molar-refractivity contribution < 1.29 is 45.5 Å². The van der Waals surface area contributed by atoms with Crippen molar-refractivity contribution >= 4 is 0 Å². The molecular weight excluding hydrogens is 419 g/mol. The van der Waals surface area contributed by atoms with Crippen LogP contribution in [-0.4, -0.2) is 11.2 Å². The molecule has 1 nitrogen and oxygen atoms in total. The Kier molecular flexibility index (Phi) is 8.27. The van der Waals surface area contributed by atoms with Gasteiger partial charge in [-0.3, -0.25) is 0 Å². The third-order valence-electron chi connectivity index (χ3n) is 6.78. The molecule has 2 unspecified atom stereocenters. The summed E-state index contributed by atoms with van der Waals surface area (Å²) in [5.74, 6) is 1.94. The van der Waals surface area contributed by atoms with Crippen LogP contribution in [0, 0.1) is 58.1 Å². The Labute approximate surface area is 175 Å². The van der Waals surface area contributed by atoms with Gasteiger partial charge in [0.1, 0.15) is 0 Å². The monoisotopic (exact) mass is 454 g/mol. The summed E-state index contributed by atoms with van der Waals surface area (Å²) in [6.07, 6.45) is 16.6. The third-order valence-corrected chi connectivity index (χ3v) is 6.78. The molecule has 0 aromatic carbocycles. The summed E-state index contributed by atoms with van der Waals surface area (Å²) in [7, 11) is 0. The van der Waals surface area contributed by atoms with E-state index in [1.54, 1.807) is 11.1 Å². The van der Waals surface area contributed by atoms with Gasteiger partial charge in [0, 0.05) is 40.4 Å². The van der Waals surface area contributed by atoms with E-state index in [1.807, 2.05) is 0 Å². The second-order valence-electron chi connectivity index (χ2n) is 8.19. The number of allylic oxidation sites excluding steroid dienone is 4. The Morgan fingerprint density at radius 2 is 1.65 bits per heavy atom. The van der Waals surface area contributed by atoms with Crippen LogP contribution in [0.15, 0.2) is 22.8 Å². The van der Waals surface area contributed by atoms with Crippen LogP contribution in [0.3, 0.4) is 0 Å². The Morgan fingerprint density at radius 3 is 2.26 bits per heavy atom. The van der Waals surface area contributed by atoms with Gasteiger partial charge in [0.2, 0.25) is 0 Å². The van der Waals surface area contributed by atoms with Crippen molar-refractivity contribution in [2.45, 2.75) is 90.6 Å². The van der Waals surface area contributed by atoms with E-state index in [-0.39, 0.29) is 46.5 Å². The standard InChI is InChI=1S/C21H34O.Sm/c1-15-8-9-20(14-16(15)2)21(22)19-12-10-18(11-13-19)17-6-4-3-5-7-17;/h6,18-22H,3-5,7-14H2,1-2H3;. The molecule has 3 aliphatic rings. The average Bonchev–Trinajstić information content (AvgIpc) is 2.58. The van der Waals surface area contributed by atoms with Crippen molar-refractivity contribution in [1.82, 2.24) is 0 Å². The summed E-state index contributed by atoms with van der Waals surface area (Å²) in [4.78, 5) is 0. The minimum Gasteiger partial charge on any atom is -0.393 e. The van der Waals surface area contributed by atoms with Crippen LogP contribution >= 0.6 is 0 Å². The molecule has 0 radical (unpaired) electrons. The smallest absolute Gasteiger partial charge is 0.0599 e. The Morgan fingerprint density at radius 1 is 0.913 bits per heavy atom. The maximum Gasteiger partial charge on any atom is 0.0599 e. The van der Waals surface area contributed by atoms with Crippen LogP contribution in [0.25, 0.3) is 0 Å². The fraction of sp³-hybridized carbons (Fsp3) is 0.810. The molecule has 23 heavy (non-hydrogen) atoms. The quantitative estimate of drug-likeness (QED) is 0.537. The van der Waals surface area contributed by atoms with Gasteiger partial charge in [-0.25, -0.2) is 0 Å². The zero-order chi connectivity index (χ0) is 15.5. The summed E-state index contributed by atoms with van der Waals surface area (Å²) in [5, 5.41) is 10.9. The molecule has 3 aliphatic carbocycles. The van der Waals surface area contributed by atoms with Crippen molar-refractivity contribution in [3.8, 4) is 0 Å². The second kappa shape index (κ2) is 9.47. The molecular formula is C21H34OSm. The average molecular weight is 453 g/mol. The minimum atomic E-state index is -0.0515. The number of aliphatic hydroxyl groups is 1. The first-order chi connectivity index (χ1) is 10.6. The number of hydrogen-bond acceptors (Lipinski definition) is 1. The van der Waals surface area contributed by atoms with Gasteiger partial charge in [-0.15, -0.1) is 0 Å². The molecule has 0 heterocycles. The van der Waals surface area contributed by atoms with E-state index in [4.69, 9.17) is 0 Å². The van der Waals surface area contributed by atoms with Gasteiger partial charge in [0.05, 0.1) is 6.10 Å². The molecule has 2 heteroatoms. The normalized spacial score (nSPS) is 33.7. The molecule has 0 saturated heterocycles. The van der Waals surface area contributed by atoms with Crippen molar-refractivity contribution in [3.05, 3.63) is 22.8 Å². The van der Waals surface area contributed by atoms with Gasteiger partial charge in [-0.05, 0) is 102 Å². The van der Waals surface area contributed by atoms with E-state index < -0.39 is 0 Å². The number of aliphatic hydroxyl groups excluding tert-OH is 1. The molecule has 0 aromatic heterocycles. The third kappa shape index (κ3) is 5.13. The molecule has 0 amide bonds. The Bertz CT molecular complexity index is 443. The van der Waals surface area contributed by atoms with Crippen LogP contribution in [0.1, 0.15) is 84.5 Å². The summed E-state index contributed by atoms with van der Waals surface area (Å²) < 4.78 is 0. The summed E-state index contributed by atoms with van der Waals surface area (Å²) in [6, 6.07) is 0. The zero-order valence-electron chi connectivity index (χ0n) is 15.0. The van der Waals surface area contributed by atoms with Crippen LogP contribution in [0.5, 0.6) is 0 Å². The van der Waals surface area contributed by atoms with Crippen LogP contribution in [-0.2, 0) is 0 Å². The first-order valence-electron chi connectivity index (χ1n) is 9.67. The van der Waals surface area contributed by atoms with E-state index in [0.29, 0.717) is 11.8 Å². The SMILES string of the molecule is CC1=C(C)CC(C(O)C2CCC(C3=CCCCC3)CC2)CC1.[Sm]. The first kappa shape index (κ1) is 20.1. The summed E-state index contributed by atoms with van der Waals surface area (Å²) >= 11 is 0. The summed E-state index contributed by atoms with van der Waals surface area (Å²) in [6.45, 7) is 4.53. The molecule has 1 saturated carbocycles. The van der Waals surface area contributed by atoms with E-state index >= 15 is 0 Å². The Hall–Kier alpha value is 0.778. The van der Waals surface area contributed by atoms with Crippen molar-refractivity contribution in [1.29, 1.82) is 0 Å². The molecule has 2 atom stereocenters.